The number of carbonyl (C=O) groups excluding carboxylic acids is 2. The van der Waals surface area contributed by atoms with Gasteiger partial charge in [-0.1, -0.05) is 12.1 Å². The van der Waals surface area contributed by atoms with E-state index in [2.05, 4.69) is 16.0 Å². The first-order valence-electron chi connectivity index (χ1n) is 7.92. The van der Waals surface area contributed by atoms with E-state index in [0.717, 1.165) is 12.3 Å². The van der Waals surface area contributed by atoms with Crippen LogP contribution in [0.3, 0.4) is 0 Å². The van der Waals surface area contributed by atoms with E-state index in [-0.39, 0.29) is 11.6 Å². The van der Waals surface area contributed by atoms with Crippen molar-refractivity contribution in [1.82, 2.24) is 0 Å². The first-order valence-corrected chi connectivity index (χ1v) is 7.92. The van der Waals surface area contributed by atoms with Crippen LogP contribution in [0.1, 0.15) is 12.5 Å². The molecule has 0 saturated carbocycles. The third kappa shape index (κ3) is 5.60. The number of anilines is 3. The second kappa shape index (κ2) is 8.73. The Morgan fingerprint density at radius 3 is 2.11 bits per heavy atom. The van der Waals surface area contributed by atoms with Gasteiger partial charge in [-0.3, -0.25) is 9.59 Å². The standard InChI is InChI=1S/C19H15F3N4O2/c1-12(27)25-14-6-8-15(9-7-14)26-18(28)13(10-23)11-24-17-5-3-2-4-16(17)19(20,21)22/h2-9,11,24H,1H3,(H,25,27)(H,26,28)/b13-11-. The highest BCUT2D eigenvalue weighted by molar-refractivity contribution is 6.06. The molecular weight excluding hydrogens is 373 g/mol. The highest BCUT2D eigenvalue weighted by Crippen LogP contribution is 2.34. The molecule has 0 aromatic heterocycles. The van der Waals surface area contributed by atoms with Crippen LogP contribution in [0.4, 0.5) is 30.2 Å². The minimum atomic E-state index is -4.58. The quantitative estimate of drug-likeness (QED) is 0.530. The van der Waals surface area contributed by atoms with Crippen molar-refractivity contribution in [2.45, 2.75) is 13.1 Å². The van der Waals surface area contributed by atoms with E-state index < -0.39 is 23.2 Å². The van der Waals surface area contributed by atoms with Gasteiger partial charge in [0.1, 0.15) is 11.6 Å². The molecule has 0 aliphatic rings. The van der Waals surface area contributed by atoms with E-state index in [4.69, 9.17) is 5.26 Å². The third-order valence-electron chi connectivity index (χ3n) is 3.43. The zero-order chi connectivity index (χ0) is 20.7. The topological polar surface area (TPSA) is 94.0 Å². The van der Waals surface area contributed by atoms with Gasteiger partial charge in [0.2, 0.25) is 5.91 Å². The minimum Gasteiger partial charge on any atom is -0.360 e. The number of nitriles is 1. The lowest BCUT2D eigenvalue weighted by atomic mass is 10.1. The van der Waals surface area contributed by atoms with Gasteiger partial charge < -0.3 is 16.0 Å². The summed E-state index contributed by atoms with van der Waals surface area (Å²) in [7, 11) is 0. The SMILES string of the molecule is CC(=O)Nc1ccc(NC(=O)/C(C#N)=C\Nc2ccccc2C(F)(F)F)cc1. The maximum absolute atomic E-state index is 13.0. The average Bonchev–Trinajstić information content (AvgIpc) is 2.63. The van der Waals surface area contributed by atoms with E-state index in [1.165, 1.54) is 37.3 Å². The summed E-state index contributed by atoms with van der Waals surface area (Å²) in [5.74, 6) is -1.05. The van der Waals surface area contributed by atoms with Crippen molar-refractivity contribution < 1.29 is 22.8 Å². The Morgan fingerprint density at radius 1 is 1.00 bits per heavy atom. The molecule has 2 aromatic rings. The van der Waals surface area contributed by atoms with Crippen LogP contribution in [0.2, 0.25) is 0 Å². The predicted octanol–water partition coefficient (Wildman–Crippen LogP) is 4.12. The summed E-state index contributed by atoms with van der Waals surface area (Å²) < 4.78 is 38.9. The van der Waals surface area contributed by atoms with Gasteiger partial charge in [-0.2, -0.15) is 18.4 Å². The molecule has 6 nitrogen and oxygen atoms in total. The van der Waals surface area contributed by atoms with Gasteiger partial charge in [0.25, 0.3) is 5.91 Å². The van der Waals surface area contributed by atoms with Crippen molar-refractivity contribution in [3.05, 3.63) is 65.9 Å². The predicted molar refractivity (Wildman–Crippen MR) is 98.1 cm³/mol. The van der Waals surface area contributed by atoms with Crippen molar-refractivity contribution in [2.24, 2.45) is 0 Å². The molecule has 0 unspecified atom stereocenters. The number of para-hydroxylation sites is 1. The Kier molecular flexibility index (Phi) is 6.39. The second-order valence-corrected chi connectivity index (χ2v) is 5.57. The molecule has 3 N–H and O–H groups in total. The normalized spacial score (nSPS) is 11.3. The van der Waals surface area contributed by atoms with Crippen LogP contribution in [0.5, 0.6) is 0 Å². The number of nitrogens with one attached hydrogen (secondary N) is 3. The summed E-state index contributed by atoms with van der Waals surface area (Å²) >= 11 is 0. The second-order valence-electron chi connectivity index (χ2n) is 5.57. The summed E-state index contributed by atoms with van der Waals surface area (Å²) in [6.45, 7) is 1.35. The van der Waals surface area contributed by atoms with Crippen molar-refractivity contribution in [2.75, 3.05) is 16.0 Å². The first-order chi connectivity index (χ1) is 13.2. The fraction of sp³-hybridized carbons (Fsp3) is 0.105. The highest BCUT2D eigenvalue weighted by atomic mass is 19.4. The number of rotatable bonds is 5. The number of nitrogens with zero attached hydrogens (tertiary/aromatic N) is 1. The van der Waals surface area contributed by atoms with Crippen LogP contribution in [-0.4, -0.2) is 11.8 Å². The molecule has 0 fully saturated rings. The molecule has 0 atom stereocenters. The van der Waals surface area contributed by atoms with Crippen molar-refractivity contribution in [1.29, 1.82) is 5.26 Å². The molecule has 0 aliphatic carbocycles. The lowest BCUT2D eigenvalue weighted by Gasteiger charge is -2.12. The summed E-state index contributed by atoms with van der Waals surface area (Å²) in [5, 5.41) is 16.5. The van der Waals surface area contributed by atoms with Gasteiger partial charge in [0.15, 0.2) is 0 Å². The molecule has 28 heavy (non-hydrogen) atoms. The maximum Gasteiger partial charge on any atom is 0.418 e. The number of benzene rings is 2. The Bertz CT molecular complexity index is 945. The fourth-order valence-corrected chi connectivity index (χ4v) is 2.19. The van der Waals surface area contributed by atoms with Crippen molar-refractivity contribution >= 4 is 28.9 Å². The summed E-state index contributed by atoms with van der Waals surface area (Å²) in [5.41, 5.74) is -0.751. The van der Waals surface area contributed by atoms with E-state index in [9.17, 15) is 22.8 Å². The number of halogens is 3. The zero-order valence-corrected chi connectivity index (χ0v) is 14.6. The molecule has 9 heteroatoms. The van der Waals surface area contributed by atoms with Gasteiger partial charge in [-0.05, 0) is 36.4 Å². The van der Waals surface area contributed by atoms with Crippen LogP contribution in [0.15, 0.2) is 60.3 Å². The molecule has 2 aromatic carbocycles. The molecule has 0 saturated heterocycles. The van der Waals surface area contributed by atoms with E-state index in [1.54, 1.807) is 18.2 Å². The lowest BCUT2D eigenvalue weighted by Crippen LogP contribution is -2.15. The van der Waals surface area contributed by atoms with Gasteiger partial charge in [-0.15, -0.1) is 0 Å². The number of amides is 2. The van der Waals surface area contributed by atoms with Gasteiger partial charge in [-0.25, -0.2) is 0 Å². The smallest absolute Gasteiger partial charge is 0.360 e. The van der Waals surface area contributed by atoms with E-state index in [0.29, 0.717) is 11.4 Å². The molecule has 0 radical (unpaired) electrons. The minimum absolute atomic E-state index is 0.253. The summed E-state index contributed by atoms with van der Waals surface area (Å²) in [6, 6.07) is 12.4. The largest absolute Gasteiger partial charge is 0.418 e. The number of alkyl halides is 3. The number of hydrogen-bond donors (Lipinski definition) is 3. The van der Waals surface area contributed by atoms with Gasteiger partial charge in [0, 0.05) is 24.5 Å². The molecule has 0 bridgehead atoms. The number of hydrogen-bond acceptors (Lipinski definition) is 4. The molecule has 2 rings (SSSR count). The van der Waals surface area contributed by atoms with E-state index >= 15 is 0 Å². The monoisotopic (exact) mass is 388 g/mol. The highest BCUT2D eigenvalue weighted by Gasteiger charge is 2.33. The van der Waals surface area contributed by atoms with Crippen LogP contribution in [-0.2, 0) is 15.8 Å². The van der Waals surface area contributed by atoms with Crippen LogP contribution in [0, 0.1) is 11.3 Å². The Morgan fingerprint density at radius 2 is 1.57 bits per heavy atom. The lowest BCUT2D eigenvalue weighted by molar-refractivity contribution is -0.137. The van der Waals surface area contributed by atoms with E-state index in [1.807, 2.05) is 0 Å². The van der Waals surface area contributed by atoms with Crippen LogP contribution in [0.25, 0.3) is 0 Å². The molecular formula is C19H15F3N4O2. The molecule has 0 aliphatic heterocycles. The Labute approximate surface area is 158 Å². The molecule has 144 valence electrons. The van der Waals surface area contributed by atoms with Crippen molar-refractivity contribution in [3.8, 4) is 6.07 Å². The Hall–Kier alpha value is -3.80. The Balaban J connectivity index is 2.12. The van der Waals surface area contributed by atoms with Crippen molar-refractivity contribution in [3.63, 3.8) is 0 Å². The first kappa shape index (κ1) is 20.5. The molecule has 0 heterocycles. The zero-order valence-electron chi connectivity index (χ0n) is 14.6. The molecule has 0 spiro atoms. The average molecular weight is 388 g/mol. The van der Waals surface area contributed by atoms with Gasteiger partial charge in [0.05, 0.1) is 11.3 Å². The summed E-state index contributed by atoms with van der Waals surface area (Å²) in [4.78, 5) is 23.2. The maximum atomic E-state index is 13.0. The summed E-state index contributed by atoms with van der Waals surface area (Å²) in [6.07, 6.45) is -3.67. The third-order valence-corrected chi connectivity index (χ3v) is 3.43. The van der Waals surface area contributed by atoms with Crippen LogP contribution >= 0.6 is 0 Å². The fourth-order valence-electron chi connectivity index (χ4n) is 2.19. The van der Waals surface area contributed by atoms with Crippen LogP contribution < -0.4 is 16.0 Å². The number of carbonyl (C=O) groups is 2. The molecule has 2 amide bonds. The van der Waals surface area contributed by atoms with Gasteiger partial charge >= 0.3 is 6.18 Å².